The highest BCUT2D eigenvalue weighted by Gasteiger charge is 2.29. The van der Waals surface area contributed by atoms with Gasteiger partial charge in [0.05, 0.1) is 23.4 Å². The van der Waals surface area contributed by atoms with Crippen LogP contribution in [-0.4, -0.2) is 51.8 Å². The Bertz CT molecular complexity index is 527. The van der Waals surface area contributed by atoms with Gasteiger partial charge in [-0.25, -0.2) is 0 Å². The molecule has 0 N–H and O–H groups in total. The lowest BCUT2D eigenvalue weighted by atomic mass is 9.82. The maximum Gasteiger partial charge on any atom is 0.220 e. The quantitative estimate of drug-likeness (QED) is 0.543. The molecular weight excluding hydrogens is 284 g/mol. The van der Waals surface area contributed by atoms with Crippen LogP contribution >= 0.6 is 12.2 Å². The maximum atomic E-state index is 12.0. The minimum atomic E-state index is -0.0840. The fraction of sp³-hybridized carbons (Fsp3) is 0.750. The van der Waals surface area contributed by atoms with Crippen molar-refractivity contribution in [2.24, 2.45) is 0 Å². The van der Waals surface area contributed by atoms with Gasteiger partial charge in [-0.1, -0.05) is 39.9 Å². The van der Waals surface area contributed by atoms with Crippen molar-refractivity contribution in [3.63, 3.8) is 0 Å². The zero-order valence-electron chi connectivity index (χ0n) is 14.2. The van der Waals surface area contributed by atoms with E-state index in [4.69, 9.17) is 17.0 Å². The van der Waals surface area contributed by atoms with Crippen molar-refractivity contribution in [3.05, 3.63) is 20.3 Å². The lowest BCUT2D eigenvalue weighted by molar-refractivity contribution is 0.118. The molecule has 0 amide bonds. The van der Waals surface area contributed by atoms with Crippen LogP contribution in [0.3, 0.4) is 0 Å². The summed E-state index contributed by atoms with van der Waals surface area (Å²) in [4.78, 5) is 16.2. The van der Waals surface area contributed by atoms with Gasteiger partial charge in [0.2, 0.25) is 5.43 Å². The van der Waals surface area contributed by atoms with Crippen molar-refractivity contribution >= 4 is 17.9 Å². The molecule has 0 saturated carbocycles. The molecule has 4 nitrogen and oxygen atoms in total. The second-order valence-corrected chi connectivity index (χ2v) is 6.97. The van der Waals surface area contributed by atoms with Crippen LogP contribution in [0.15, 0.2) is 4.79 Å². The number of anilines is 1. The molecule has 1 rings (SSSR count). The van der Waals surface area contributed by atoms with E-state index in [1.54, 1.807) is 0 Å². The molecule has 0 radical (unpaired) electrons. The molecule has 0 saturated heterocycles. The molecule has 0 aliphatic rings. The number of likely N-dealkylation sites (N-methyl/N-ethyl adjacent to an activating group) is 2. The topological polar surface area (TPSA) is 32.8 Å². The smallest absolute Gasteiger partial charge is 0.220 e. The van der Waals surface area contributed by atoms with Crippen LogP contribution in [-0.2, 0) is 10.2 Å². The Morgan fingerprint density at radius 2 is 1.71 bits per heavy atom. The molecule has 0 unspecified atom stereocenters. The molecule has 0 aliphatic carbocycles. The molecular formula is C16H28N2O2S. The molecule has 0 spiro atoms. The zero-order chi connectivity index (χ0) is 16.2. The van der Waals surface area contributed by atoms with E-state index in [2.05, 4.69) is 39.6 Å². The van der Waals surface area contributed by atoms with E-state index in [1.807, 2.05) is 11.9 Å². The monoisotopic (exact) mass is 312 g/mol. The van der Waals surface area contributed by atoms with E-state index >= 15 is 0 Å². The minimum Gasteiger partial charge on any atom is -0.378 e. The zero-order valence-corrected chi connectivity index (χ0v) is 15.0. The third-order valence-corrected chi connectivity index (χ3v) is 4.13. The summed E-state index contributed by atoms with van der Waals surface area (Å²) in [5.41, 5.74) is 1.69. The number of hydrogen-bond acceptors (Lipinski definition) is 5. The Balaban J connectivity index is 2.51. The summed E-state index contributed by atoms with van der Waals surface area (Å²) in [6.07, 6.45) is 0. The standard InChI is InChI=1S/C16H28N2O2S/c1-7-17(5)8-10-20-11-9-18(6)13-12(16(2,3)4)15(21)14(13)19/h7-11H2,1-6H3. The second kappa shape index (κ2) is 7.47. The summed E-state index contributed by atoms with van der Waals surface area (Å²) in [6, 6.07) is 0. The summed E-state index contributed by atoms with van der Waals surface area (Å²) >= 11 is 5.20. The van der Waals surface area contributed by atoms with E-state index in [9.17, 15) is 4.79 Å². The normalized spacial score (nSPS) is 12.3. The Hall–Kier alpha value is -0.780. The van der Waals surface area contributed by atoms with Gasteiger partial charge < -0.3 is 14.5 Å². The van der Waals surface area contributed by atoms with Crippen LogP contribution < -0.4 is 10.3 Å². The first kappa shape index (κ1) is 18.3. The average molecular weight is 312 g/mol. The van der Waals surface area contributed by atoms with Crippen molar-refractivity contribution in [3.8, 4) is 0 Å². The minimum absolute atomic E-state index is 0.00291. The number of nitrogens with zero attached hydrogens (tertiary/aromatic N) is 2. The first-order valence-electron chi connectivity index (χ1n) is 7.51. The highest BCUT2D eigenvalue weighted by molar-refractivity contribution is 7.71. The lowest BCUT2D eigenvalue weighted by Crippen LogP contribution is -2.36. The molecule has 5 heteroatoms. The molecule has 0 fully saturated rings. The van der Waals surface area contributed by atoms with Crippen LogP contribution in [0, 0.1) is 4.51 Å². The van der Waals surface area contributed by atoms with Gasteiger partial charge in [0, 0.05) is 25.7 Å². The van der Waals surface area contributed by atoms with Gasteiger partial charge in [-0.2, -0.15) is 0 Å². The summed E-state index contributed by atoms with van der Waals surface area (Å²) in [6.45, 7) is 12.4. The van der Waals surface area contributed by atoms with Crippen molar-refractivity contribution in [2.45, 2.75) is 33.1 Å². The van der Waals surface area contributed by atoms with Crippen LogP contribution in [0.25, 0.3) is 0 Å². The third-order valence-electron chi connectivity index (χ3n) is 3.75. The summed E-state index contributed by atoms with van der Waals surface area (Å²) in [5, 5.41) is 0. The summed E-state index contributed by atoms with van der Waals surface area (Å²) in [5.74, 6) is 0. The van der Waals surface area contributed by atoms with Crippen LogP contribution in [0.5, 0.6) is 0 Å². The summed E-state index contributed by atoms with van der Waals surface area (Å²) < 4.78 is 6.12. The lowest BCUT2D eigenvalue weighted by Gasteiger charge is -2.30. The van der Waals surface area contributed by atoms with E-state index in [1.165, 1.54) is 0 Å². The number of rotatable bonds is 8. The second-order valence-electron chi connectivity index (χ2n) is 6.56. The highest BCUT2D eigenvalue weighted by atomic mass is 32.1. The molecule has 0 atom stereocenters. The van der Waals surface area contributed by atoms with Gasteiger partial charge in [-0.3, -0.25) is 4.79 Å². The van der Waals surface area contributed by atoms with Gasteiger partial charge in [-0.05, 0) is 19.0 Å². The third kappa shape index (κ3) is 4.59. The van der Waals surface area contributed by atoms with Crippen LogP contribution in [0.2, 0.25) is 0 Å². The van der Waals surface area contributed by atoms with E-state index in [0.717, 1.165) is 30.9 Å². The largest absolute Gasteiger partial charge is 0.378 e. The number of hydrogen-bond donors (Lipinski definition) is 0. The Morgan fingerprint density at radius 1 is 1.14 bits per heavy atom. The van der Waals surface area contributed by atoms with Crippen molar-refractivity contribution in [1.82, 2.24) is 4.90 Å². The Labute approximate surface area is 133 Å². The Morgan fingerprint density at radius 3 is 2.24 bits per heavy atom. The molecule has 120 valence electrons. The molecule has 1 aromatic rings. The van der Waals surface area contributed by atoms with Gasteiger partial charge in [0.1, 0.15) is 0 Å². The van der Waals surface area contributed by atoms with Gasteiger partial charge in [0.15, 0.2) is 0 Å². The predicted molar refractivity (Wildman–Crippen MR) is 91.9 cm³/mol. The SMILES string of the molecule is CCN(C)CCOCCN(C)c1c(C(C)(C)C)c(=S)c1=O. The van der Waals surface area contributed by atoms with Crippen LogP contribution in [0.1, 0.15) is 33.3 Å². The van der Waals surface area contributed by atoms with Crippen molar-refractivity contribution in [2.75, 3.05) is 51.8 Å². The first-order chi connectivity index (χ1) is 9.70. The van der Waals surface area contributed by atoms with E-state index in [0.29, 0.717) is 17.7 Å². The fourth-order valence-corrected chi connectivity index (χ4v) is 2.73. The van der Waals surface area contributed by atoms with Gasteiger partial charge in [0.25, 0.3) is 0 Å². The van der Waals surface area contributed by atoms with Crippen molar-refractivity contribution in [1.29, 1.82) is 0 Å². The summed E-state index contributed by atoms with van der Waals surface area (Å²) in [7, 11) is 4.01. The Kier molecular flexibility index (Phi) is 6.50. The van der Waals surface area contributed by atoms with E-state index < -0.39 is 0 Å². The molecule has 0 bridgehead atoms. The molecule has 21 heavy (non-hydrogen) atoms. The fourth-order valence-electron chi connectivity index (χ4n) is 2.23. The predicted octanol–water partition coefficient (Wildman–Crippen LogP) is 2.35. The van der Waals surface area contributed by atoms with E-state index in [-0.39, 0.29) is 10.8 Å². The van der Waals surface area contributed by atoms with Gasteiger partial charge >= 0.3 is 0 Å². The first-order valence-corrected chi connectivity index (χ1v) is 7.92. The van der Waals surface area contributed by atoms with Crippen molar-refractivity contribution < 1.29 is 4.74 Å². The van der Waals surface area contributed by atoms with Gasteiger partial charge in [-0.15, -0.1) is 0 Å². The average Bonchev–Trinajstić information content (AvgIpc) is 2.40. The number of ether oxygens (including phenoxy) is 1. The molecule has 0 aromatic heterocycles. The van der Waals surface area contributed by atoms with Crippen LogP contribution in [0.4, 0.5) is 5.69 Å². The molecule has 0 aliphatic heterocycles. The molecule has 0 heterocycles. The molecule has 1 aromatic carbocycles. The highest BCUT2D eigenvalue weighted by Crippen LogP contribution is 2.32. The maximum absolute atomic E-state index is 12.0.